The zero-order valence-electron chi connectivity index (χ0n) is 15.2. The molecule has 3 rings (SSSR count). The molecule has 2 aromatic rings. The predicted octanol–water partition coefficient (Wildman–Crippen LogP) is 2.93. The van der Waals surface area contributed by atoms with Gasteiger partial charge in [0.05, 0.1) is 32.4 Å². The lowest BCUT2D eigenvalue weighted by molar-refractivity contribution is -0.121. The summed E-state index contributed by atoms with van der Waals surface area (Å²) >= 11 is 3.35. The number of methoxy groups -OCH3 is 2. The molecule has 0 unspecified atom stereocenters. The molecule has 0 saturated carbocycles. The van der Waals surface area contributed by atoms with Crippen LogP contribution in [-0.2, 0) is 16.0 Å². The van der Waals surface area contributed by atoms with Crippen LogP contribution in [0.5, 0.6) is 11.5 Å². The molecule has 1 aliphatic heterocycles. The maximum Gasteiger partial charge on any atom is 0.251 e. The number of hydrogen-bond donors (Lipinski definition) is 1. The number of carbonyl (C=O) groups is 2. The van der Waals surface area contributed by atoms with E-state index in [9.17, 15) is 9.59 Å². The van der Waals surface area contributed by atoms with E-state index in [4.69, 9.17) is 9.47 Å². The molecule has 7 heteroatoms. The fourth-order valence-corrected chi connectivity index (χ4v) is 3.34. The summed E-state index contributed by atoms with van der Waals surface area (Å²) < 4.78 is 11.4. The Kier molecular flexibility index (Phi) is 6.13. The molecule has 1 fully saturated rings. The van der Waals surface area contributed by atoms with E-state index in [1.54, 1.807) is 26.4 Å². The van der Waals surface area contributed by atoms with Crippen molar-refractivity contribution in [2.24, 2.45) is 0 Å². The minimum Gasteiger partial charge on any atom is -0.493 e. The van der Waals surface area contributed by atoms with E-state index >= 15 is 0 Å². The van der Waals surface area contributed by atoms with Gasteiger partial charge in [0.2, 0.25) is 5.91 Å². The first-order valence-corrected chi connectivity index (χ1v) is 9.39. The van der Waals surface area contributed by atoms with E-state index in [0.717, 1.165) is 10.0 Å². The third kappa shape index (κ3) is 4.31. The van der Waals surface area contributed by atoms with Gasteiger partial charge in [-0.1, -0.05) is 22.0 Å². The molecule has 1 aliphatic rings. The third-order valence-electron chi connectivity index (χ3n) is 4.48. The van der Waals surface area contributed by atoms with Crippen molar-refractivity contribution in [1.29, 1.82) is 0 Å². The number of anilines is 1. The molecule has 0 spiro atoms. The second-order valence-corrected chi connectivity index (χ2v) is 7.11. The Balaban J connectivity index is 1.60. The van der Waals surface area contributed by atoms with Crippen molar-refractivity contribution < 1.29 is 19.1 Å². The standard InChI is InChI=1S/C20H21BrN2O4/c1-26-17-8-3-13(11-18(17)27-2)9-10-22-16-12-19(24)23(20(16)25)15-6-4-14(21)5-7-15/h3-8,11,16,22H,9-10,12H2,1-2H3/t16-/m0/s1. The first kappa shape index (κ1) is 19.4. The Bertz CT molecular complexity index is 838. The van der Waals surface area contributed by atoms with Crippen molar-refractivity contribution in [2.75, 3.05) is 25.7 Å². The van der Waals surface area contributed by atoms with Crippen LogP contribution in [0.3, 0.4) is 0 Å². The molecule has 0 radical (unpaired) electrons. The maximum absolute atomic E-state index is 12.6. The SMILES string of the molecule is COc1ccc(CCN[C@H]2CC(=O)N(c3ccc(Br)cc3)C2=O)cc1OC. The van der Waals surface area contributed by atoms with E-state index in [0.29, 0.717) is 30.2 Å². The number of ether oxygens (including phenoxy) is 2. The van der Waals surface area contributed by atoms with Crippen molar-refractivity contribution in [2.45, 2.75) is 18.9 Å². The quantitative estimate of drug-likeness (QED) is 0.681. The molecule has 27 heavy (non-hydrogen) atoms. The molecular formula is C20H21BrN2O4. The molecule has 0 bridgehead atoms. The first-order chi connectivity index (χ1) is 13.0. The summed E-state index contributed by atoms with van der Waals surface area (Å²) in [6.07, 6.45) is 0.872. The summed E-state index contributed by atoms with van der Waals surface area (Å²) in [5.74, 6) is 0.944. The van der Waals surface area contributed by atoms with Gasteiger partial charge in [0, 0.05) is 4.47 Å². The molecule has 2 amide bonds. The van der Waals surface area contributed by atoms with Crippen molar-refractivity contribution in [1.82, 2.24) is 5.32 Å². The molecule has 1 saturated heterocycles. The van der Waals surface area contributed by atoms with Crippen molar-refractivity contribution in [3.05, 3.63) is 52.5 Å². The molecule has 2 aromatic carbocycles. The zero-order valence-corrected chi connectivity index (χ0v) is 16.8. The van der Waals surface area contributed by atoms with E-state index in [-0.39, 0.29) is 18.2 Å². The summed E-state index contributed by atoms with van der Waals surface area (Å²) in [5.41, 5.74) is 1.65. The van der Waals surface area contributed by atoms with Crippen LogP contribution in [0, 0.1) is 0 Å². The normalized spacial score (nSPS) is 16.7. The fourth-order valence-electron chi connectivity index (χ4n) is 3.08. The van der Waals surface area contributed by atoms with Gasteiger partial charge in [-0.3, -0.25) is 9.59 Å². The zero-order chi connectivity index (χ0) is 19.4. The third-order valence-corrected chi connectivity index (χ3v) is 5.01. The summed E-state index contributed by atoms with van der Waals surface area (Å²) in [6, 6.07) is 12.4. The fraction of sp³-hybridized carbons (Fsp3) is 0.300. The van der Waals surface area contributed by atoms with Gasteiger partial charge in [-0.15, -0.1) is 0 Å². The second kappa shape index (κ2) is 8.54. The van der Waals surface area contributed by atoms with E-state index < -0.39 is 6.04 Å². The van der Waals surface area contributed by atoms with Crippen LogP contribution in [0.25, 0.3) is 0 Å². The van der Waals surface area contributed by atoms with Crippen LogP contribution in [-0.4, -0.2) is 38.6 Å². The summed E-state index contributed by atoms with van der Waals surface area (Å²) in [6.45, 7) is 0.577. The van der Waals surface area contributed by atoms with Crippen molar-refractivity contribution in [3.63, 3.8) is 0 Å². The summed E-state index contributed by atoms with van der Waals surface area (Å²) in [4.78, 5) is 26.2. The monoisotopic (exact) mass is 432 g/mol. The lowest BCUT2D eigenvalue weighted by atomic mass is 10.1. The van der Waals surface area contributed by atoms with Crippen molar-refractivity contribution in [3.8, 4) is 11.5 Å². The summed E-state index contributed by atoms with van der Waals surface area (Å²) in [5, 5.41) is 3.19. The summed E-state index contributed by atoms with van der Waals surface area (Å²) in [7, 11) is 3.19. The number of imide groups is 1. The lowest BCUT2D eigenvalue weighted by Gasteiger charge is -2.16. The average molecular weight is 433 g/mol. The van der Waals surface area contributed by atoms with Crippen molar-refractivity contribution >= 4 is 33.4 Å². The van der Waals surface area contributed by atoms with Gasteiger partial charge in [0.15, 0.2) is 11.5 Å². The number of nitrogens with one attached hydrogen (secondary N) is 1. The van der Waals surface area contributed by atoms with Crippen LogP contribution >= 0.6 is 15.9 Å². The molecule has 1 atom stereocenters. The van der Waals surface area contributed by atoms with Gasteiger partial charge in [0.25, 0.3) is 5.91 Å². The van der Waals surface area contributed by atoms with Gasteiger partial charge >= 0.3 is 0 Å². The maximum atomic E-state index is 12.6. The lowest BCUT2D eigenvalue weighted by Crippen LogP contribution is -2.39. The van der Waals surface area contributed by atoms with Crippen LogP contribution in [0.4, 0.5) is 5.69 Å². The predicted molar refractivity (Wildman–Crippen MR) is 106 cm³/mol. The highest BCUT2D eigenvalue weighted by Gasteiger charge is 2.39. The van der Waals surface area contributed by atoms with Crippen LogP contribution in [0.2, 0.25) is 0 Å². The molecule has 0 aliphatic carbocycles. The molecular weight excluding hydrogens is 412 g/mol. The number of carbonyl (C=O) groups excluding carboxylic acids is 2. The number of nitrogens with zero attached hydrogens (tertiary/aromatic N) is 1. The van der Waals surface area contributed by atoms with Crippen LogP contribution in [0.1, 0.15) is 12.0 Å². The molecule has 0 aromatic heterocycles. The highest BCUT2D eigenvalue weighted by atomic mass is 79.9. The Morgan fingerprint density at radius 2 is 1.78 bits per heavy atom. The van der Waals surface area contributed by atoms with E-state index in [1.807, 2.05) is 30.3 Å². The molecule has 1 heterocycles. The van der Waals surface area contributed by atoms with Crippen LogP contribution < -0.4 is 19.7 Å². The first-order valence-electron chi connectivity index (χ1n) is 8.60. The van der Waals surface area contributed by atoms with Gasteiger partial charge < -0.3 is 14.8 Å². The molecule has 142 valence electrons. The molecule has 1 N–H and O–H groups in total. The van der Waals surface area contributed by atoms with Gasteiger partial charge in [0.1, 0.15) is 0 Å². The largest absolute Gasteiger partial charge is 0.493 e. The smallest absolute Gasteiger partial charge is 0.251 e. The average Bonchev–Trinajstić information content (AvgIpc) is 2.96. The van der Waals surface area contributed by atoms with E-state index in [2.05, 4.69) is 21.2 Å². The Hall–Kier alpha value is -2.38. The minimum atomic E-state index is -0.499. The van der Waals surface area contributed by atoms with E-state index in [1.165, 1.54) is 4.90 Å². The topological polar surface area (TPSA) is 67.9 Å². The minimum absolute atomic E-state index is 0.167. The molecule has 6 nitrogen and oxygen atoms in total. The van der Waals surface area contributed by atoms with Gasteiger partial charge in [-0.25, -0.2) is 4.90 Å². The number of hydrogen-bond acceptors (Lipinski definition) is 5. The Morgan fingerprint density at radius 3 is 2.44 bits per heavy atom. The number of halogens is 1. The highest BCUT2D eigenvalue weighted by Crippen LogP contribution is 2.28. The Labute approximate surface area is 166 Å². The van der Waals surface area contributed by atoms with Gasteiger partial charge in [-0.2, -0.15) is 0 Å². The Morgan fingerprint density at radius 1 is 1.07 bits per heavy atom. The second-order valence-electron chi connectivity index (χ2n) is 6.19. The van der Waals surface area contributed by atoms with Crippen LogP contribution in [0.15, 0.2) is 46.9 Å². The van der Waals surface area contributed by atoms with Gasteiger partial charge in [-0.05, 0) is 54.9 Å². The number of benzene rings is 2. The number of amides is 2. The highest BCUT2D eigenvalue weighted by molar-refractivity contribution is 9.10. The number of rotatable bonds is 7.